The Morgan fingerprint density at radius 3 is 2.25 bits per heavy atom. The van der Waals surface area contributed by atoms with Crippen molar-refractivity contribution in [3.63, 3.8) is 0 Å². The normalized spacial score (nSPS) is 15.6. The first-order valence-electron chi connectivity index (χ1n) is 13.1. The Labute approximate surface area is 237 Å². The van der Waals surface area contributed by atoms with Crippen LogP contribution in [0.5, 0.6) is 0 Å². The van der Waals surface area contributed by atoms with Crippen LogP contribution in [0.1, 0.15) is 26.3 Å². The Bertz CT molecular complexity index is 1420. The first-order chi connectivity index (χ1) is 19.3. The predicted molar refractivity (Wildman–Crippen MR) is 155 cm³/mol. The number of carbonyl (C=O) groups is 2. The van der Waals surface area contributed by atoms with Gasteiger partial charge < -0.3 is 24.8 Å². The lowest BCUT2D eigenvalue weighted by atomic mass is 10.1. The zero-order chi connectivity index (χ0) is 28.2. The lowest BCUT2D eigenvalue weighted by Gasteiger charge is -2.37. The number of nitro benzene ring substituents is 1. The molecule has 11 heteroatoms. The molecule has 10 nitrogen and oxygen atoms in total. The molecule has 1 N–H and O–H groups in total. The van der Waals surface area contributed by atoms with Gasteiger partial charge in [-0.1, -0.05) is 35.4 Å². The molecule has 3 aromatic rings. The molecule has 3 aromatic carbocycles. The van der Waals surface area contributed by atoms with Gasteiger partial charge in [0.25, 0.3) is 17.5 Å². The van der Waals surface area contributed by atoms with Crippen molar-refractivity contribution >= 4 is 46.2 Å². The highest BCUT2D eigenvalue weighted by atomic mass is 35.5. The smallest absolute Gasteiger partial charge is 0.293 e. The fourth-order valence-corrected chi connectivity index (χ4v) is 5.32. The van der Waals surface area contributed by atoms with E-state index in [1.54, 1.807) is 30.3 Å². The number of ether oxygens (including phenoxy) is 1. The maximum Gasteiger partial charge on any atom is 0.293 e. The third-order valence-corrected chi connectivity index (χ3v) is 7.51. The number of nitrogens with zero attached hydrogens (tertiary/aromatic N) is 4. The fourth-order valence-electron chi connectivity index (χ4n) is 5.03. The van der Waals surface area contributed by atoms with E-state index < -0.39 is 10.8 Å². The highest BCUT2D eigenvalue weighted by Crippen LogP contribution is 2.36. The molecule has 0 spiro atoms. The Morgan fingerprint density at radius 1 is 0.900 bits per heavy atom. The number of hydrogen-bond donors (Lipinski definition) is 1. The second kappa shape index (κ2) is 11.9. The van der Waals surface area contributed by atoms with Gasteiger partial charge in [0.15, 0.2) is 0 Å². The molecule has 0 radical (unpaired) electrons. The Morgan fingerprint density at radius 2 is 1.57 bits per heavy atom. The van der Waals surface area contributed by atoms with Crippen molar-refractivity contribution < 1.29 is 19.2 Å². The van der Waals surface area contributed by atoms with Gasteiger partial charge in [0.1, 0.15) is 5.69 Å². The number of nitrogens with one attached hydrogen (secondary N) is 1. The van der Waals surface area contributed by atoms with E-state index in [1.807, 2.05) is 45.9 Å². The molecule has 2 saturated heterocycles. The third-order valence-electron chi connectivity index (χ3n) is 7.20. The van der Waals surface area contributed by atoms with E-state index in [2.05, 4.69) is 5.32 Å². The van der Waals surface area contributed by atoms with Gasteiger partial charge in [-0.3, -0.25) is 19.7 Å². The highest BCUT2D eigenvalue weighted by Gasteiger charge is 2.27. The van der Waals surface area contributed by atoms with Crippen LogP contribution < -0.4 is 15.1 Å². The number of hydrogen-bond acceptors (Lipinski definition) is 7. The summed E-state index contributed by atoms with van der Waals surface area (Å²) < 4.78 is 5.35. The van der Waals surface area contributed by atoms with Gasteiger partial charge in [-0.05, 0) is 43.3 Å². The van der Waals surface area contributed by atoms with Crippen molar-refractivity contribution in [2.45, 2.75) is 6.92 Å². The van der Waals surface area contributed by atoms with Gasteiger partial charge in [0.2, 0.25) is 0 Å². The second-order valence-corrected chi connectivity index (χ2v) is 10.2. The maximum absolute atomic E-state index is 13.3. The van der Waals surface area contributed by atoms with Crippen LogP contribution in [0.4, 0.5) is 22.7 Å². The van der Waals surface area contributed by atoms with Gasteiger partial charge >= 0.3 is 0 Å². The summed E-state index contributed by atoms with van der Waals surface area (Å²) in [5.74, 6) is -0.497. The maximum atomic E-state index is 13.3. The van der Waals surface area contributed by atoms with Crippen LogP contribution in [0.2, 0.25) is 5.02 Å². The van der Waals surface area contributed by atoms with Crippen LogP contribution >= 0.6 is 11.6 Å². The predicted octanol–water partition coefficient (Wildman–Crippen LogP) is 4.61. The second-order valence-electron chi connectivity index (χ2n) is 9.80. The minimum absolute atomic E-state index is 0.0190. The topological polar surface area (TPSA) is 108 Å². The Kier molecular flexibility index (Phi) is 8.18. The molecule has 2 aliphatic heterocycles. The first kappa shape index (κ1) is 27.4. The molecule has 2 amide bonds. The summed E-state index contributed by atoms with van der Waals surface area (Å²) in [6.07, 6.45) is 0. The summed E-state index contributed by atoms with van der Waals surface area (Å²) in [4.78, 5) is 43.3. The van der Waals surface area contributed by atoms with E-state index in [1.165, 1.54) is 6.07 Å². The Balaban J connectivity index is 1.31. The SMILES string of the molecule is Cc1ccc(C(=O)N2CCN(c3c(Cl)cccc3NC(=O)c3ccc(N4CCOCC4)c([N+](=O)[O-])c3)CC2)cc1. The monoisotopic (exact) mass is 563 g/mol. The number of nitro groups is 1. The van der Waals surface area contributed by atoms with Crippen LogP contribution in [0.25, 0.3) is 0 Å². The number of anilines is 3. The van der Waals surface area contributed by atoms with Crippen LogP contribution in [0, 0.1) is 17.0 Å². The van der Waals surface area contributed by atoms with Gasteiger partial charge in [-0.25, -0.2) is 0 Å². The number of carbonyl (C=O) groups excluding carboxylic acids is 2. The number of benzene rings is 3. The number of halogens is 1. The lowest BCUT2D eigenvalue weighted by molar-refractivity contribution is -0.384. The molecule has 0 aromatic heterocycles. The highest BCUT2D eigenvalue weighted by molar-refractivity contribution is 6.34. The van der Waals surface area contributed by atoms with Crippen LogP contribution in [0.3, 0.4) is 0 Å². The minimum atomic E-state index is -0.478. The molecular weight excluding hydrogens is 534 g/mol. The molecule has 0 atom stereocenters. The summed E-state index contributed by atoms with van der Waals surface area (Å²) in [5.41, 5.74) is 3.40. The average Bonchev–Trinajstić information content (AvgIpc) is 2.97. The molecule has 2 aliphatic rings. The first-order valence-corrected chi connectivity index (χ1v) is 13.5. The van der Waals surface area contributed by atoms with Crippen LogP contribution in [-0.2, 0) is 4.74 Å². The number of morpholine rings is 1. The molecule has 5 rings (SSSR count). The van der Waals surface area contributed by atoms with E-state index >= 15 is 0 Å². The number of amides is 2. The van der Waals surface area contributed by atoms with Gasteiger partial charge in [-0.2, -0.15) is 0 Å². The quantitative estimate of drug-likeness (QED) is 0.345. The molecule has 2 fully saturated rings. The van der Waals surface area contributed by atoms with Crippen molar-refractivity contribution in [2.24, 2.45) is 0 Å². The van der Waals surface area contributed by atoms with E-state index in [4.69, 9.17) is 16.3 Å². The van der Waals surface area contributed by atoms with E-state index in [9.17, 15) is 19.7 Å². The molecular formula is C29H30ClN5O5. The summed E-state index contributed by atoms with van der Waals surface area (Å²) >= 11 is 6.60. The molecule has 208 valence electrons. The number of piperazine rings is 1. The van der Waals surface area contributed by atoms with Crippen molar-refractivity contribution in [3.8, 4) is 0 Å². The number of aryl methyl sites for hydroxylation is 1. The van der Waals surface area contributed by atoms with Crippen molar-refractivity contribution in [3.05, 3.63) is 92.5 Å². The molecule has 0 saturated carbocycles. The standard InChI is InChI=1S/C29H30ClN5O5/c1-20-5-7-21(8-6-20)29(37)34-13-11-33(12-14-34)27-23(30)3-2-4-24(27)31-28(36)22-9-10-25(26(19-22)35(38)39)32-15-17-40-18-16-32/h2-10,19H,11-18H2,1H3,(H,31,36). The van der Waals surface area contributed by atoms with Gasteiger partial charge in [-0.15, -0.1) is 0 Å². The van der Waals surface area contributed by atoms with Crippen molar-refractivity contribution in [1.29, 1.82) is 0 Å². The van der Waals surface area contributed by atoms with E-state index in [0.29, 0.717) is 80.1 Å². The number of para-hydroxylation sites is 1. The zero-order valence-corrected chi connectivity index (χ0v) is 22.9. The third kappa shape index (κ3) is 5.88. The van der Waals surface area contributed by atoms with E-state index in [-0.39, 0.29) is 17.2 Å². The lowest BCUT2D eigenvalue weighted by Crippen LogP contribution is -2.49. The molecule has 0 unspecified atom stereocenters. The van der Waals surface area contributed by atoms with E-state index in [0.717, 1.165) is 5.56 Å². The van der Waals surface area contributed by atoms with Crippen LogP contribution in [-0.4, -0.2) is 74.1 Å². The van der Waals surface area contributed by atoms with Crippen molar-refractivity contribution in [2.75, 3.05) is 67.6 Å². The zero-order valence-electron chi connectivity index (χ0n) is 22.1. The summed E-state index contributed by atoms with van der Waals surface area (Å²) in [6.45, 7) is 6.12. The van der Waals surface area contributed by atoms with Crippen molar-refractivity contribution in [1.82, 2.24) is 4.90 Å². The minimum Gasteiger partial charge on any atom is -0.378 e. The van der Waals surface area contributed by atoms with Crippen LogP contribution in [0.15, 0.2) is 60.7 Å². The fraction of sp³-hybridized carbons (Fsp3) is 0.310. The summed E-state index contributed by atoms with van der Waals surface area (Å²) in [5, 5.41) is 15.2. The summed E-state index contributed by atoms with van der Waals surface area (Å²) in [7, 11) is 0. The van der Waals surface area contributed by atoms with Gasteiger partial charge in [0.05, 0.1) is 34.5 Å². The largest absolute Gasteiger partial charge is 0.378 e. The number of rotatable bonds is 6. The molecule has 40 heavy (non-hydrogen) atoms. The molecule has 0 bridgehead atoms. The Hall–Kier alpha value is -4.15. The summed E-state index contributed by atoms with van der Waals surface area (Å²) in [6, 6.07) is 17.3. The van der Waals surface area contributed by atoms with Gasteiger partial charge in [0, 0.05) is 56.5 Å². The average molecular weight is 564 g/mol. The molecule has 0 aliphatic carbocycles. The molecule has 2 heterocycles.